The molecule has 0 aliphatic carbocycles. The van der Waals surface area contributed by atoms with Gasteiger partial charge in [0.05, 0.1) is 14.2 Å². The first-order valence-corrected chi connectivity index (χ1v) is 6.03. The van der Waals surface area contributed by atoms with Gasteiger partial charge in [-0.15, -0.1) is 0 Å². The van der Waals surface area contributed by atoms with E-state index in [-0.39, 0.29) is 5.92 Å². The van der Waals surface area contributed by atoms with Crippen molar-refractivity contribution >= 4 is 0 Å². The molecule has 2 aromatic rings. The van der Waals surface area contributed by atoms with Crippen LogP contribution >= 0.6 is 0 Å². The van der Waals surface area contributed by atoms with Crippen molar-refractivity contribution in [2.45, 2.75) is 12.8 Å². The minimum Gasteiger partial charge on any atom is -0.496 e. The molecule has 2 heteroatoms. The van der Waals surface area contributed by atoms with Crippen LogP contribution in [0.4, 0.5) is 0 Å². The molecule has 0 saturated carbocycles. The molecule has 0 unspecified atom stereocenters. The molecule has 18 heavy (non-hydrogen) atoms. The Bertz CT molecular complexity index is 473. The zero-order valence-electron chi connectivity index (χ0n) is 11.0. The van der Waals surface area contributed by atoms with Crippen LogP contribution in [0.15, 0.2) is 48.5 Å². The Balaban J connectivity index is 2.44. The van der Waals surface area contributed by atoms with Gasteiger partial charge < -0.3 is 9.47 Å². The van der Waals surface area contributed by atoms with E-state index in [2.05, 4.69) is 19.1 Å². The maximum absolute atomic E-state index is 5.42. The predicted molar refractivity (Wildman–Crippen MR) is 73.5 cm³/mol. The third kappa shape index (κ3) is 2.33. The van der Waals surface area contributed by atoms with E-state index in [1.54, 1.807) is 14.2 Å². The van der Waals surface area contributed by atoms with Gasteiger partial charge in [0.15, 0.2) is 0 Å². The van der Waals surface area contributed by atoms with Gasteiger partial charge in [0, 0.05) is 17.0 Å². The smallest absolute Gasteiger partial charge is 0.122 e. The van der Waals surface area contributed by atoms with Gasteiger partial charge in [-0.3, -0.25) is 0 Å². The zero-order valence-corrected chi connectivity index (χ0v) is 11.0. The van der Waals surface area contributed by atoms with Gasteiger partial charge in [-0.25, -0.2) is 0 Å². The van der Waals surface area contributed by atoms with E-state index < -0.39 is 0 Å². The minimum absolute atomic E-state index is 0.234. The Hall–Kier alpha value is -1.96. The summed E-state index contributed by atoms with van der Waals surface area (Å²) in [6, 6.07) is 16.2. The first kappa shape index (κ1) is 12.5. The summed E-state index contributed by atoms with van der Waals surface area (Å²) in [6.07, 6.45) is 0. The molecule has 0 aromatic heterocycles. The molecule has 2 aromatic carbocycles. The molecular weight excluding hydrogens is 224 g/mol. The average molecular weight is 242 g/mol. The summed E-state index contributed by atoms with van der Waals surface area (Å²) in [4.78, 5) is 0. The highest BCUT2D eigenvalue weighted by Crippen LogP contribution is 2.35. The lowest BCUT2D eigenvalue weighted by Gasteiger charge is -2.18. The van der Waals surface area contributed by atoms with E-state index in [0.29, 0.717) is 0 Å². The van der Waals surface area contributed by atoms with E-state index >= 15 is 0 Å². The first-order valence-electron chi connectivity index (χ1n) is 6.03. The Morgan fingerprint density at radius 3 is 1.50 bits per heavy atom. The van der Waals surface area contributed by atoms with Gasteiger partial charge in [-0.1, -0.05) is 43.3 Å². The van der Waals surface area contributed by atoms with E-state index in [4.69, 9.17) is 9.47 Å². The number of hydrogen-bond acceptors (Lipinski definition) is 2. The van der Waals surface area contributed by atoms with Crippen molar-refractivity contribution in [1.29, 1.82) is 0 Å². The minimum atomic E-state index is 0.234. The van der Waals surface area contributed by atoms with Gasteiger partial charge in [0.1, 0.15) is 11.5 Å². The van der Waals surface area contributed by atoms with Crippen LogP contribution in [0.3, 0.4) is 0 Å². The van der Waals surface area contributed by atoms with Crippen LogP contribution in [-0.4, -0.2) is 14.2 Å². The van der Waals surface area contributed by atoms with Crippen LogP contribution in [-0.2, 0) is 0 Å². The molecule has 0 aliphatic heterocycles. The van der Waals surface area contributed by atoms with Crippen molar-refractivity contribution in [1.82, 2.24) is 0 Å². The molecule has 0 fully saturated rings. The molecule has 94 valence electrons. The molecule has 0 atom stereocenters. The number of hydrogen-bond donors (Lipinski definition) is 0. The molecule has 0 heterocycles. The van der Waals surface area contributed by atoms with E-state index in [0.717, 1.165) is 11.5 Å². The second-order valence-corrected chi connectivity index (χ2v) is 4.21. The summed E-state index contributed by atoms with van der Waals surface area (Å²) >= 11 is 0. The molecule has 0 aliphatic rings. The quantitative estimate of drug-likeness (QED) is 0.810. The van der Waals surface area contributed by atoms with Gasteiger partial charge >= 0.3 is 0 Å². The van der Waals surface area contributed by atoms with E-state index in [1.807, 2.05) is 36.4 Å². The second kappa shape index (κ2) is 5.58. The maximum Gasteiger partial charge on any atom is 0.122 e. The SMILES string of the molecule is COc1ccccc1C(C)c1ccccc1OC. The summed E-state index contributed by atoms with van der Waals surface area (Å²) in [5.74, 6) is 2.06. The number of benzene rings is 2. The van der Waals surface area contributed by atoms with Gasteiger partial charge in [-0.2, -0.15) is 0 Å². The van der Waals surface area contributed by atoms with Gasteiger partial charge in [0.25, 0.3) is 0 Å². The van der Waals surface area contributed by atoms with Crippen LogP contribution < -0.4 is 9.47 Å². The fourth-order valence-electron chi connectivity index (χ4n) is 2.22. The molecule has 0 amide bonds. The van der Waals surface area contributed by atoms with Crippen molar-refractivity contribution in [2.75, 3.05) is 14.2 Å². The Morgan fingerprint density at radius 1 is 0.722 bits per heavy atom. The van der Waals surface area contributed by atoms with Crippen molar-refractivity contribution < 1.29 is 9.47 Å². The molecule has 0 bridgehead atoms. The predicted octanol–water partition coefficient (Wildman–Crippen LogP) is 3.86. The van der Waals surface area contributed by atoms with Gasteiger partial charge in [0.2, 0.25) is 0 Å². The first-order chi connectivity index (χ1) is 8.77. The van der Waals surface area contributed by atoms with Crippen LogP contribution in [0, 0.1) is 0 Å². The lowest BCUT2D eigenvalue weighted by molar-refractivity contribution is 0.401. The maximum atomic E-state index is 5.42. The van der Waals surface area contributed by atoms with Crippen molar-refractivity contribution in [2.24, 2.45) is 0 Å². The number of methoxy groups -OCH3 is 2. The fourth-order valence-corrected chi connectivity index (χ4v) is 2.22. The van der Waals surface area contributed by atoms with Crippen molar-refractivity contribution in [3.05, 3.63) is 59.7 Å². The topological polar surface area (TPSA) is 18.5 Å². The molecule has 0 N–H and O–H groups in total. The largest absolute Gasteiger partial charge is 0.496 e. The van der Waals surface area contributed by atoms with Crippen LogP contribution in [0.1, 0.15) is 24.0 Å². The lowest BCUT2D eigenvalue weighted by Crippen LogP contribution is -2.01. The Morgan fingerprint density at radius 2 is 1.11 bits per heavy atom. The second-order valence-electron chi connectivity index (χ2n) is 4.21. The molecular formula is C16H18O2. The molecule has 2 rings (SSSR count). The Kier molecular flexibility index (Phi) is 3.88. The molecule has 0 spiro atoms. The zero-order chi connectivity index (χ0) is 13.0. The average Bonchev–Trinajstić information content (AvgIpc) is 2.46. The van der Waals surface area contributed by atoms with Crippen LogP contribution in [0.5, 0.6) is 11.5 Å². The third-order valence-electron chi connectivity index (χ3n) is 3.21. The normalized spacial score (nSPS) is 10.4. The number of rotatable bonds is 4. The van der Waals surface area contributed by atoms with Crippen LogP contribution in [0.2, 0.25) is 0 Å². The third-order valence-corrected chi connectivity index (χ3v) is 3.21. The summed E-state index contributed by atoms with van der Waals surface area (Å²) in [7, 11) is 3.40. The summed E-state index contributed by atoms with van der Waals surface area (Å²) in [5, 5.41) is 0. The summed E-state index contributed by atoms with van der Waals surface area (Å²) in [6.45, 7) is 2.16. The summed E-state index contributed by atoms with van der Waals surface area (Å²) < 4.78 is 10.8. The van der Waals surface area contributed by atoms with Crippen molar-refractivity contribution in [3.8, 4) is 11.5 Å². The molecule has 0 radical (unpaired) electrons. The standard InChI is InChI=1S/C16H18O2/c1-12(13-8-4-6-10-15(13)17-2)14-9-5-7-11-16(14)18-3/h4-12H,1-3H3. The van der Waals surface area contributed by atoms with E-state index in [9.17, 15) is 0 Å². The highest BCUT2D eigenvalue weighted by atomic mass is 16.5. The lowest BCUT2D eigenvalue weighted by atomic mass is 9.92. The van der Waals surface area contributed by atoms with Crippen molar-refractivity contribution in [3.63, 3.8) is 0 Å². The van der Waals surface area contributed by atoms with Gasteiger partial charge in [-0.05, 0) is 12.1 Å². The highest BCUT2D eigenvalue weighted by molar-refractivity contribution is 5.46. The number of ether oxygens (including phenoxy) is 2. The number of para-hydroxylation sites is 2. The fraction of sp³-hybridized carbons (Fsp3) is 0.250. The molecule has 0 saturated heterocycles. The summed E-state index contributed by atoms with van der Waals surface area (Å²) in [5.41, 5.74) is 2.34. The highest BCUT2D eigenvalue weighted by Gasteiger charge is 2.16. The molecule has 2 nitrogen and oxygen atoms in total. The monoisotopic (exact) mass is 242 g/mol. The van der Waals surface area contributed by atoms with E-state index in [1.165, 1.54) is 11.1 Å². The van der Waals surface area contributed by atoms with Crippen LogP contribution in [0.25, 0.3) is 0 Å². The Labute approximate surface area is 108 Å².